The zero-order valence-electron chi connectivity index (χ0n) is 16.3. The zero-order valence-corrected chi connectivity index (χ0v) is 16.3. The van der Waals surface area contributed by atoms with Crippen LogP contribution in [-0.4, -0.2) is 30.3 Å². The Bertz CT molecular complexity index is 372. The Morgan fingerprint density at radius 2 is 1.87 bits per heavy atom. The molecule has 4 heteroatoms. The molecule has 1 rings (SSSR count). The molecule has 1 fully saturated rings. The predicted octanol–water partition coefficient (Wildman–Crippen LogP) is 4.48. The van der Waals surface area contributed by atoms with E-state index in [4.69, 9.17) is 4.74 Å². The molecule has 0 aromatic heterocycles. The number of carbonyl (C=O) groups is 1. The van der Waals surface area contributed by atoms with Gasteiger partial charge in [-0.25, -0.2) is 4.79 Å². The van der Waals surface area contributed by atoms with Crippen molar-refractivity contribution in [3.8, 4) is 0 Å². The fourth-order valence-electron chi connectivity index (χ4n) is 3.13. The molecule has 4 nitrogen and oxygen atoms in total. The second-order valence-electron chi connectivity index (χ2n) is 9.19. The average Bonchev–Trinajstić information content (AvgIpc) is 2.53. The molecule has 0 radical (unpaired) electrons. The molecule has 0 aromatic carbocycles. The second-order valence-corrected chi connectivity index (χ2v) is 9.19. The van der Waals surface area contributed by atoms with E-state index in [1.54, 1.807) is 0 Å². The molecule has 0 bridgehead atoms. The summed E-state index contributed by atoms with van der Waals surface area (Å²) in [6, 6.07) is 0.846. The van der Waals surface area contributed by atoms with Crippen LogP contribution in [0.15, 0.2) is 0 Å². The molecule has 0 aliphatic heterocycles. The fourth-order valence-corrected chi connectivity index (χ4v) is 3.13. The number of ether oxygens (including phenoxy) is 1. The zero-order chi connectivity index (χ0) is 17.7. The van der Waals surface area contributed by atoms with E-state index in [9.17, 15) is 4.79 Å². The average molecular weight is 327 g/mol. The van der Waals surface area contributed by atoms with Gasteiger partial charge in [0, 0.05) is 18.6 Å². The van der Waals surface area contributed by atoms with Crippen LogP contribution in [0.5, 0.6) is 0 Å². The van der Waals surface area contributed by atoms with Gasteiger partial charge in [-0.15, -0.1) is 0 Å². The van der Waals surface area contributed by atoms with Crippen molar-refractivity contribution in [1.82, 2.24) is 10.6 Å². The third-order valence-corrected chi connectivity index (χ3v) is 4.70. The van der Waals surface area contributed by atoms with Crippen molar-refractivity contribution < 1.29 is 9.53 Å². The minimum absolute atomic E-state index is 0.286. The molecule has 0 aromatic rings. The topological polar surface area (TPSA) is 50.4 Å². The lowest BCUT2D eigenvalue weighted by molar-refractivity contribution is 0.0518. The number of rotatable bonds is 5. The monoisotopic (exact) mass is 326 g/mol. The van der Waals surface area contributed by atoms with Crippen LogP contribution in [-0.2, 0) is 4.74 Å². The third-order valence-electron chi connectivity index (χ3n) is 4.70. The summed E-state index contributed by atoms with van der Waals surface area (Å²) in [5.41, 5.74) is 0.0240. The van der Waals surface area contributed by atoms with Crippen LogP contribution in [0.2, 0.25) is 0 Å². The summed E-state index contributed by atoms with van der Waals surface area (Å²) in [7, 11) is 0. The van der Waals surface area contributed by atoms with Crippen molar-refractivity contribution in [2.45, 2.75) is 98.3 Å². The van der Waals surface area contributed by atoms with E-state index in [2.05, 4.69) is 38.3 Å². The summed E-state index contributed by atoms with van der Waals surface area (Å²) in [4.78, 5) is 11.9. The Balaban J connectivity index is 2.47. The number of carbonyl (C=O) groups excluding carboxylic acids is 1. The van der Waals surface area contributed by atoms with Gasteiger partial charge < -0.3 is 15.4 Å². The molecule has 2 N–H and O–H groups in total. The summed E-state index contributed by atoms with van der Waals surface area (Å²) in [5.74, 6) is 0.473. The maximum atomic E-state index is 11.9. The molecule has 2 unspecified atom stereocenters. The van der Waals surface area contributed by atoms with Gasteiger partial charge in [-0.2, -0.15) is 0 Å². The lowest BCUT2D eigenvalue weighted by Crippen LogP contribution is -2.49. The maximum Gasteiger partial charge on any atom is 0.407 e. The molecular weight excluding hydrogens is 288 g/mol. The lowest BCUT2D eigenvalue weighted by atomic mass is 9.85. The molecule has 1 saturated carbocycles. The van der Waals surface area contributed by atoms with E-state index < -0.39 is 5.60 Å². The molecule has 0 saturated heterocycles. The van der Waals surface area contributed by atoms with Crippen molar-refractivity contribution in [3.63, 3.8) is 0 Å². The van der Waals surface area contributed by atoms with Gasteiger partial charge in [0.15, 0.2) is 0 Å². The maximum absolute atomic E-state index is 11.9. The highest BCUT2D eigenvalue weighted by molar-refractivity contribution is 5.67. The standard InChI is InChI=1S/C19H38N2O2/c1-14(2)16(13-20-17(22)23-18(3,4)5)21-15-9-8-11-19(6,7)12-10-15/h14-16,21H,8-13H2,1-7H3,(H,20,22). The van der Waals surface area contributed by atoms with E-state index in [1.807, 2.05) is 20.8 Å². The Labute approximate surface area is 143 Å². The van der Waals surface area contributed by atoms with Gasteiger partial charge in [0.25, 0.3) is 0 Å². The Kier molecular flexibility index (Phi) is 7.37. The highest BCUT2D eigenvalue weighted by Gasteiger charge is 2.26. The smallest absolute Gasteiger partial charge is 0.407 e. The minimum Gasteiger partial charge on any atom is -0.444 e. The van der Waals surface area contributed by atoms with E-state index in [1.165, 1.54) is 32.1 Å². The molecular formula is C19H38N2O2. The second kappa shape index (κ2) is 8.36. The van der Waals surface area contributed by atoms with Gasteiger partial charge >= 0.3 is 6.09 Å². The molecule has 2 atom stereocenters. The number of hydrogen-bond donors (Lipinski definition) is 2. The van der Waals surface area contributed by atoms with Crippen molar-refractivity contribution >= 4 is 6.09 Å². The van der Waals surface area contributed by atoms with E-state index in [0.717, 1.165) is 0 Å². The molecule has 23 heavy (non-hydrogen) atoms. The minimum atomic E-state index is -0.447. The number of alkyl carbamates (subject to hydrolysis) is 1. The van der Waals surface area contributed by atoms with Crippen molar-refractivity contribution in [2.75, 3.05) is 6.54 Å². The summed E-state index contributed by atoms with van der Waals surface area (Å²) in [5, 5.41) is 6.70. The van der Waals surface area contributed by atoms with Crippen LogP contribution in [0.1, 0.15) is 80.6 Å². The van der Waals surface area contributed by atoms with Gasteiger partial charge in [0.1, 0.15) is 5.60 Å². The highest BCUT2D eigenvalue weighted by Crippen LogP contribution is 2.33. The van der Waals surface area contributed by atoms with Gasteiger partial charge in [0.05, 0.1) is 0 Å². The fraction of sp³-hybridized carbons (Fsp3) is 0.947. The normalized spacial score (nSPS) is 23.2. The number of nitrogens with one attached hydrogen (secondary N) is 2. The first-order chi connectivity index (χ1) is 10.5. The lowest BCUT2D eigenvalue weighted by Gasteiger charge is -2.29. The first-order valence-electron chi connectivity index (χ1n) is 9.21. The van der Waals surface area contributed by atoms with E-state index in [-0.39, 0.29) is 12.1 Å². The van der Waals surface area contributed by atoms with Gasteiger partial charge in [-0.3, -0.25) is 0 Å². The van der Waals surface area contributed by atoms with Crippen LogP contribution in [0.25, 0.3) is 0 Å². The van der Waals surface area contributed by atoms with Gasteiger partial charge in [-0.1, -0.05) is 34.1 Å². The molecule has 136 valence electrons. The van der Waals surface area contributed by atoms with Gasteiger partial charge in [-0.05, 0) is 57.8 Å². The highest BCUT2D eigenvalue weighted by atomic mass is 16.6. The molecule has 0 heterocycles. The van der Waals surface area contributed by atoms with E-state index in [0.29, 0.717) is 23.9 Å². The third kappa shape index (κ3) is 8.59. The van der Waals surface area contributed by atoms with Crippen LogP contribution < -0.4 is 10.6 Å². The summed E-state index contributed by atoms with van der Waals surface area (Å²) in [6.07, 6.45) is 6.01. The van der Waals surface area contributed by atoms with Crippen LogP contribution in [0.4, 0.5) is 4.79 Å². The Morgan fingerprint density at radius 1 is 1.22 bits per heavy atom. The van der Waals surface area contributed by atoms with Crippen molar-refractivity contribution in [2.24, 2.45) is 11.3 Å². The van der Waals surface area contributed by atoms with Crippen molar-refractivity contribution in [1.29, 1.82) is 0 Å². The first-order valence-corrected chi connectivity index (χ1v) is 9.21. The predicted molar refractivity (Wildman–Crippen MR) is 96.7 cm³/mol. The largest absolute Gasteiger partial charge is 0.444 e. The SMILES string of the molecule is CC(C)C(CNC(=O)OC(C)(C)C)NC1CCCC(C)(C)CC1. The Hall–Kier alpha value is -0.770. The quantitative estimate of drug-likeness (QED) is 0.732. The Morgan fingerprint density at radius 3 is 2.43 bits per heavy atom. The summed E-state index contributed by atoms with van der Waals surface area (Å²) in [6.45, 7) is 15.4. The van der Waals surface area contributed by atoms with Crippen LogP contribution >= 0.6 is 0 Å². The molecule has 1 aliphatic rings. The molecule has 1 amide bonds. The number of hydrogen-bond acceptors (Lipinski definition) is 3. The number of amides is 1. The van der Waals surface area contributed by atoms with Crippen LogP contribution in [0.3, 0.4) is 0 Å². The van der Waals surface area contributed by atoms with Crippen molar-refractivity contribution in [3.05, 3.63) is 0 Å². The molecule has 0 spiro atoms. The summed E-state index contributed by atoms with van der Waals surface area (Å²) < 4.78 is 5.33. The van der Waals surface area contributed by atoms with Crippen LogP contribution in [0, 0.1) is 11.3 Å². The molecule has 1 aliphatic carbocycles. The van der Waals surface area contributed by atoms with E-state index >= 15 is 0 Å². The van der Waals surface area contributed by atoms with Gasteiger partial charge in [0.2, 0.25) is 0 Å². The first kappa shape index (κ1) is 20.3. The summed E-state index contributed by atoms with van der Waals surface area (Å²) >= 11 is 0.